The first-order valence-corrected chi connectivity index (χ1v) is 8.87. The lowest BCUT2D eigenvalue weighted by Crippen LogP contribution is -2.43. The monoisotopic (exact) mass is 381 g/mol. The molecule has 1 atom stereocenters. The molecule has 0 aliphatic carbocycles. The van der Waals surface area contributed by atoms with Gasteiger partial charge in [-0.3, -0.25) is 4.79 Å². The molecule has 0 bridgehead atoms. The van der Waals surface area contributed by atoms with E-state index in [1.807, 2.05) is 37.3 Å². The maximum absolute atomic E-state index is 13.3. The van der Waals surface area contributed by atoms with Crippen molar-refractivity contribution >= 4 is 17.8 Å². The number of benzene rings is 1. The van der Waals surface area contributed by atoms with Gasteiger partial charge in [0, 0.05) is 6.92 Å². The summed E-state index contributed by atoms with van der Waals surface area (Å²) in [5.41, 5.74) is 0.149. The molecular weight excluding hydrogens is 362 g/mol. The van der Waals surface area contributed by atoms with Crippen molar-refractivity contribution in [3.05, 3.63) is 53.3 Å². The van der Waals surface area contributed by atoms with Gasteiger partial charge in [0.15, 0.2) is 11.6 Å². The second kappa shape index (κ2) is 6.55. The van der Waals surface area contributed by atoms with Gasteiger partial charge in [0.2, 0.25) is 5.89 Å². The number of urea groups is 1. The van der Waals surface area contributed by atoms with Crippen molar-refractivity contribution in [3.63, 3.8) is 0 Å². The normalized spacial score (nSPS) is 19.3. The molecule has 10 heteroatoms. The third-order valence-electron chi connectivity index (χ3n) is 4.92. The summed E-state index contributed by atoms with van der Waals surface area (Å²) in [6.45, 7) is 5.50. The number of anilines is 1. The molecule has 0 saturated carbocycles. The second-order valence-corrected chi connectivity index (χ2v) is 6.58. The van der Waals surface area contributed by atoms with Gasteiger partial charge in [0.05, 0.1) is 5.69 Å². The van der Waals surface area contributed by atoms with E-state index >= 15 is 0 Å². The zero-order valence-electron chi connectivity index (χ0n) is 15.7. The number of nitrogens with one attached hydrogen (secondary N) is 1. The summed E-state index contributed by atoms with van der Waals surface area (Å²) >= 11 is 0. The fourth-order valence-corrected chi connectivity index (χ4v) is 3.38. The molecule has 10 nitrogen and oxygen atoms in total. The third kappa shape index (κ3) is 2.65. The molecule has 144 valence electrons. The third-order valence-corrected chi connectivity index (χ3v) is 4.92. The number of aromatic nitrogens is 5. The Morgan fingerprint density at radius 3 is 2.57 bits per heavy atom. The molecule has 4 rings (SSSR count). The number of amides is 3. The van der Waals surface area contributed by atoms with Crippen molar-refractivity contribution in [2.24, 2.45) is 0 Å². The highest BCUT2D eigenvalue weighted by molar-refractivity contribution is 6.23. The van der Waals surface area contributed by atoms with Crippen LogP contribution in [-0.2, 0) is 16.9 Å². The number of nitrogens with zero attached hydrogens (tertiary/aromatic N) is 6. The van der Waals surface area contributed by atoms with Gasteiger partial charge in [-0.25, -0.2) is 14.4 Å². The summed E-state index contributed by atoms with van der Waals surface area (Å²) in [7, 11) is 0. The molecule has 2 aromatic heterocycles. The maximum atomic E-state index is 13.3. The van der Waals surface area contributed by atoms with E-state index in [0.717, 1.165) is 10.5 Å². The van der Waals surface area contributed by atoms with E-state index in [4.69, 9.17) is 4.52 Å². The van der Waals surface area contributed by atoms with Crippen LogP contribution in [0.3, 0.4) is 0 Å². The Bertz CT molecular complexity index is 1040. The molecule has 3 amide bonds. The Balaban J connectivity index is 1.68. The molecule has 0 spiro atoms. The van der Waals surface area contributed by atoms with Crippen molar-refractivity contribution in [1.29, 1.82) is 0 Å². The van der Waals surface area contributed by atoms with E-state index in [9.17, 15) is 9.59 Å². The van der Waals surface area contributed by atoms with E-state index in [2.05, 4.69) is 25.8 Å². The van der Waals surface area contributed by atoms with Gasteiger partial charge in [0.1, 0.15) is 12.1 Å². The van der Waals surface area contributed by atoms with Crippen LogP contribution in [0.25, 0.3) is 0 Å². The number of rotatable bonds is 5. The lowest BCUT2D eigenvalue weighted by atomic mass is 9.87. The van der Waals surface area contributed by atoms with E-state index in [-0.39, 0.29) is 18.3 Å². The van der Waals surface area contributed by atoms with Gasteiger partial charge < -0.3 is 9.84 Å². The Morgan fingerprint density at radius 1 is 1.18 bits per heavy atom. The fourth-order valence-electron chi connectivity index (χ4n) is 3.38. The van der Waals surface area contributed by atoms with Gasteiger partial charge in [-0.05, 0) is 18.9 Å². The van der Waals surface area contributed by atoms with Crippen LogP contribution in [-0.4, -0.2) is 37.1 Å². The van der Waals surface area contributed by atoms with Crippen LogP contribution in [0, 0.1) is 13.8 Å². The van der Waals surface area contributed by atoms with Crippen molar-refractivity contribution in [3.8, 4) is 0 Å². The number of hydrogen-bond donors (Lipinski definition) is 1. The number of aryl methyl sites for hydroxylation is 1. The quantitative estimate of drug-likeness (QED) is 0.668. The van der Waals surface area contributed by atoms with Crippen LogP contribution in [0.1, 0.15) is 36.3 Å². The highest BCUT2D eigenvalue weighted by Gasteiger charge is 2.53. The van der Waals surface area contributed by atoms with Crippen LogP contribution in [0.15, 0.2) is 34.9 Å². The first-order chi connectivity index (χ1) is 13.5. The van der Waals surface area contributed by atoms with Crippen LogP contribution < -0.4 is 10.2 Å². The van der Waals surface area contributed by atoms with Crippen LogP contribution in [0.5, 0.6) is 0 Å². The molecule has 1 saturated heterocycles. The first-order valence-electron chi connectivity index (χ1n) is 8.87. The molecule has 0 unspecified atom stereocenters. The van der Waals surface area contributed by atoms with Crippen LogP contribution in [0.2, 0.25) is 0 Å². The average molecular weight is 381 g/mol. The minimum atomic E-state index is -1.13. The fraction of sp³-hybridized carbons (Fsp3) is 0.333. The van der Waals surface area contributed by atoms with Crippen molar-refractivity contribution in [2.75, 3.05) is 4.90 Å². The molecule has 0 radical (unpaired) electrons. The summed E-state index contributed by atoms with van der Waals surface area (Å²) in [6.07, 6.45) is 0.410. The Labute approximate surface area is 160 Å². The van der Waals surface area contributed by atoms with E-state index in [1.165, 1.54) is 4.68 Å². The van der Waals surface area contributed by atoms with Crippen molar-refractivity contribution in [1.82, 2.24) is 30.5 Å². The molecule has 1 aliphatic rings. The number of hydrogen-bond acceptors (Lipinski definition) is 7. The van der Waals surface area contributed by atoms with Gasteiger partial charge in [-0.1, -0.05) is 47.6 Å². The van der Waals surface area contributed by atoms with Crippen molar-refractivity contribution < 1.29 is 14.1 Å². The smallest absolute Gasteiger partial charge is 0.331 e. The summed E-state index contributed by atoms with van der Waals surface area (Å²) < 4.78 is 6.48. The number of carbonyl (C=O) groups is 2. The Kier molecular flexibility index (Phi) is 4.17. The zero-order chi connectivity index (χ0) is 19.9. The van der Waals surface area contributed by atoms with E-state index in [0.29, 0.717) is 23.8 Å². The minimum Gasteiger partial charge on any atom is -0.340 e. The standard InChI is InChI=1S/C18H19N7O3/c1-4-18(13-8-6-5-7-9-13)16(26)25(17(27)20-18)15-11(2)24(23-21-15)10-14-19-12(3)28-22-14/h5-9H,4,10H2,1-3H3,(H,20,27)/t18-/m0/s1. The van der Waals surface area contributed by atoms with E-state index < -0.39 is 11.6 Å². The predicted octanol–water partition coefficient (Wildman–Crippen LogP) is 1.69. The second-order valence-electron chi connectivity index (χ2n) is 6.58. The number of carbonyl (C=O) groups excluding carboxylic acids is 2. The SMILES string of the molecule is CC[C@@]1(c2ccccc2)NC(=O)N(c2nnn(Cc3noc(C)n3)c2C)C1=O. The van der Waals surface area contributed by atoms with Gasteiger partial charge in [0.25, 0.3) is 5.91 Å². The van der Waals surface area contributed by atoms with Gasteiger partial charge in [-0.2, -0.15) is 4.98 Å². The largest absolute Gasteiger partial charge is 0.340 e. The first kappa shape index (κ1) is 17.8. The zero-order valence-corrected chi connectivity index (χ0v) is 15.7. The Hall–Kier alpha value is -3.56. The predicted molar refractivity (Wildman–Crippen MR) is 97.3 cm³/mol. The topological polar surface area (TPSA) is 119 Å². The molecule has 1 aromatic carbocycles. The summed E-state index contributed by atoms with van der Waals surface area (Å²) in [5.74, 6) is 0.685. The molecule has 1 N–H and O–H groups in total. The van der Waals surface area contributed by atoms with Crippen LogP contribution >= 0.6 is 0 Å². The molecule has 1 aliphatic heterocycles. The van der Waals surface area contributed by atoms with Gasteiger partial charge >= 0.3 is 6.03 Å². The molecule has 28 heavy (non-hydrogen) atoms. The van der Waals surface area contributed by atoms with Gasteiger partial charge in [-0.15, -0.1) is 5.10 Å². The highest BCUT2D eigenvalue weighted by atomic mass is 16.5. The summed E-state index contributed by atoms with van der Waals surface area (Å²) in [5, 5.41) is 14.8. The minimum absolute atomic E-state index is 0.189. The van der Waals surface area contributed by atoms with Crippen LogP contribution in [0.4, 0.5) is 10.6 Å². The number of imide groups is 1. The van der Waals surface area contributed by atoms with Crippen molar-refractivity contribution in [2.45, 2.75) is 39.3 Å². The lowest BCUT2D eigenvalue weighted by molar-refractivity contribution is -0.122. The van der Waals surface area contributed by atoms with E-state index in [1.54, 1.807) is 13.8 Å². The highest BCUT2D eigenvalue weighted by Crippen LogP contribution is 2.35. The average Bonchev–Trinajstić information content (AvgIpc) is 3.34. The molecule has 3 aromatic rings. The summed E-state index contributed by atoms with van der Waals surface area (Å²) in [6, 6.07) is 8.66. The molecule has 1 fully saturated rings. The lowest BCUT2D eigenvalue weighted by Gasteiger charge is -2.25. The summed E-state index contributed by atoms with van der Waals surface area (Å²) in [4.78, 5) is 31.2. The molecule has 3 heterocycles. The molecular formula is C18H19N7O3. The maximum Gasteiger partial charge on any atom is 0.331 e. The Morgan fingerprint density at radius 2 is 1.93 bits per heavy atom.